The van der Waals surface area contributed by atoms with E-state index in [1.807, 2.05) is 6.92 Å². The van der Waals surface area contributed by atoms with Crippen LogP contribution in [0.2, 0.25) is 0 Å². The van der Waals surface area contributed by atoms with Gasteiger partial charge in [-0.05, 0) is 26.7 Å². The lowest BCUT2D eigenvalue weighted by molar-refractivity contribution is -0.0100. The summed E-state index contributed by atoms with van der Waals surface area (Å²) in [5.74, 6) is 0.616. The Bertz CT molecular complexity index is 147. The molecule has 3 heteroatoms. The summed E-state index contributed by atoms with van der Waals surface area (Å²) in [4.78, 5) is 0. The van der Waals surface area contributed by atoms with E-state index in [1.165, 1.54) is 0 Å². The molecule has 1 N–H and O–H groups in total. The van der Waals surface area contributed by atoms with E-state index in [0.29, 0.717) is 5.92 Å². The van der Waals surface area contributed by atoms with Gasteiger partial charge in [-0.2, -0.15) is 0 Å². The van der Waals surface area contributed by atoms with E-state index in [0.717, 1.165) is 32.9 Å². The van der Waals surface area contributed by atoms with Crippen LogP contribution in [0.15, 0.2) is 0 Å². The van der Waals surface area contributed by atoms with Crippen molar-refractivity contribution in [3.63, 3.8) is 0 Å². The lowest BCUT2D eigenvalue weighted by Gasteiger charge is -2.25. The maximum Gasteiger partial charge on any atom is 0.0750 e. The number of nitrogens with one attached hydrogen (secondary N) is 1. The molecule has 0 spiro atoms. The molecule has 0 saturated heterocycles. The van der Waals surface area contributed by atoms with Crippen LogP contribution < -0.4 is 5.32 Å². The van der Waals surface area contributed by atoms with Crippen LogP contribution in [0, 0.1) is 5.92 Å². The van der Waals surface area contributed by atoms with Gasteiger partial charge in [-0.1, -0.05) is 13.8 Å². The average molecular weight is 217 g/mol. The van der Waals surface area contributed by atoms with Crippen molar-refractivity contribution in [1.29, 1.82) is 0 Å². The molecular weight excluding hydrogens is 190 g/mol. The van der Waals surface area contributed by atoms with Gasteiger partial charge >= 0.3 is 0 Å². The Balaban J connectivity index is 3.30. The summed E-state index contributed by atoms with van der Waals surface area (Å²) in [5.41, 5.74) is -0.0766. The number of rotatable bonds is 9. The molecule has 0 aliphatic heterocycles. The summed E-state index contributed by atoms with van der Waals surface area (Å²) in [6.07, 6.45) is 0. The third-order valence-electron chi connectivity index (χ3n) is 1.96. The zero-order valence-electron chi connectivity index (χ0n) is 10.9. The largest absolute Gasteiger partial charge is 0.380 e. The summed E-state index contributed by atoms with van der Waals surface area (Å²) < 4.78 is 11.0. The van der Waals surface area contributed by atoms with Crippen LogP contribution in [0.5, 0.6) is 0 Å². The van der Waals surface area contributed by atoms with Crippen molar-refractivity contribution in [1.82, 2.24) is 5.32 Å². The fourth-order valence-corrected chi connectivity index (χ4v) is 1.29. The SMILES string of the molecule is CCOC(C)(C)CNCCOCC(C)C. The highest BCUT2D eigenvalue weighted by Crippen LogP contribution is 2.06. The molecule has 0 aliphatic rings. The Morgan fingerprint density at radius 3 is 2.47 bits per heavy atom. The van der Waals surface area contributed by atoms with Crippen molar-refractivity contribution < 1.29 is 9.47 Å². The van der Waals surface area contributed by atoms with Gasteiger partial charge in [-0.3, -0.25) is 0 Å². The molecule has 92 valence electrons. The summed E-state index contributed by atoms with van der Waals surface area (Å²) in [7, 11) is 0. The van der Waals surface area contributed by atoms with Crippen LogP contribution in [-0.4, -0.2) is 38.5 Å². The van der Waals surface area contributed by atoms with E-state index in [-0.39, 0.29) is 5.60 Å². The summed E-state index contributed by atoms with van der Waals surface area (Å²) in [5, 5.41) is 3.33. The fraction of sp³-hybridized carbons (Fsp3) is 1.00. The van der Waals surface area contributed by atoms with Crippen molar-refractivity contribution in [2.24, 2.45) is 5.92 Å². The summed E-state index contributed by atoms with van der Waals surface area (Å²) >= 11 is 0. The Morgan fingerprint density at radius 2 is 1.93 bits per heavy atom. The van der Waals surface area contributed by atoms with Gasteiger partial charge in [0.25, 0.3) is 0 Å². The van der Waals surface area contributed by atoms with Crippen LogP contribution in [0.25, 0.3) is 0 Å². The number of hydrogen-bond acceptors (Lipinski definition) is 3. The highest BCUT2D eigenvalue weighted by Gasteiger charge is 2.16. The van der Waals surface area contributed by atoms with Crippen LogP contribution >= 0.6 is 0 Å². The molecule has 0 aromatic heterocycles. The van der Waals surface area contributed by atoms with Gasteiger partial charge in [0.15, 0.2) is 0 Å². The van der Waals surface area contributed by atoms with Gasteiger partial charge in [0.1, 0.15) is 0 Å². The Morgan fingerprint density at radius 1 is 1.27 bits per heavy atom. The first kappa shape index (κ1) is 14.9. The summed E-state index contributed by atoms with van der Waals surface area (Å²) in [6.45, 7) is 14.7. The van der Waals surface area contributed by atoms with Crippen molar-refractivity contribution in [3.8, 4) is 0 Å². The molecule has 0 aliphatic carbocycles. The molecule has 0 rings (SSSR count). The quantitative estimate of drug-likeness (QED) is 0.600. The predicted molar refractivity (Wildman–Crippen MR) is 64.2 cm³/mol. The monoisotopic (exact) mass is 217 g/mol. The molecule has 0 aromatic rings. The minimum absolute atomic E-state index is 0.0766. The molecule has 15 heavy (non-hydrogen) atoms. The van der Waals surface area contributed by atoms with Crippen molar-refractivity contribution in [3.05, 3.63) is 0 Å². The van der Waals surface area contributed by atoms with Gasteiger partial charge < -0.3 is 14.8 Å². The first-order valence-corrected chi connectivity index (χ1v) is 5.90. The highest BCUT2D eigenvalue weighted by atomic mass is 16.5. The molecule has 0 heterocycles. The lowest BCUT2D eigenvalue weighted by Crippen LogP contribution is -2.39. The van der Waals surface area contributed by atoms with E-state index < -0.39 is 0 Å². The van der Waals surface area contributed by atoms with E-state index in [1.54, 1.807) is 0 Å². The fourth-order valence-electron chi connectivity index (χ4n) is 1.29. The van der Waals surface area contributed by atoms with E-state index in [2.05, 4.69) is 33.0 Å². The van der Waals surface area contributed by atoms with Gasteiger partial charge in [0, 0.05) is 26.3 Å². The standard InChI is InChI=1S/C12H27NO2/c1-6-15-12(4,5)10-13-7-8-14-9-11(2)3/h11,13H,6-10H2,1-5H3. The molecule has 0 aromatic carbocycles. The second-order valence-electron chi connectivity index (χ2n) is 4.84. The molecule has 0 bridgehead atoms. The Labute approximate surface area is 94.5 Å². The predicted octanol–water partition coefficient (Wildman–Crippen LogP) is 2.06. The second-order valence-corrected chi connectivity index (χ2v) is 4.84. The first-order valence-electron chi connectivity index (χ1n) is 5.90. The third kappa shape index (κ3) is 10.2. The molecular formula is C12H27NO2. The molecule has 0 saturated carbocycles. The minimum atomic E-state index is -0.0766. The normalized spacial score (nSPS) is 12.4. The topological polar surface area (TPSA) is 30.5 Å². The van der Waals surface area contributed by atoms with Crippen LogP contribution in [0.3, 0.4) is 0 Å². The van der Waals surface area contributed by atoms with Crippen LogP contribution in [0.1, 0.15) is 34.6 Å². The van der Waals surface area contributed by atoms with E-state index in [4.69, 9.17) is 9.47 Å². The summed E-state index contributed by atoms with van der Waals surface area (Å²) in [6, 6.07) is 0. The van der Waals surface area contributed by atoms with Crippen LogP contribution in [0.4, 0.5) is 0 Å². The van der Waals surface area contributed by atoms with Gasteiger partial charge in [-0.15, -0.1) is 0 Å². The highest BCUT2D eigenvalue weighted by molar-refractivity contribution is 4.71. The maximum atomic E-state index is 5.57. The Hall–Kier alpha value is -0.120. The number of hydrogen-bond donors (Lipinski definition) is 1. The van der Waals surface area contributed by atoms with Crippen molar-refractivity contribution >= 4 is 0 Å². The van der Waals surface area contributed by atoms with Crippen molar-refractivity contribution in [2.75, 3.05) is 32.9 Å². The zero-order chi connectivity index (χ0) is 11.7. The lowest BCUT2D eigenvalue weighted by atomic mass is 10.1. The second kappa shape index (κ2) is 8.08. The molecule has 0 fully saturated rings. The molecule has 0 unspecified atom stereocenters. The molecule has 0 atom stereocenters. The third-order valence-corrected chi connectivity index (χ3v) is 1.96. The van der Waals surface area contributed by atoms with E-state index in [9.17, 15) is 0 Å². The number of ether oxygens (including phenoxy) is 2. The van der Waals surface area contributed by atoms with Gasteiger partial charge in [0.2, 0.25) is 0 Å². The van der Waals surface area contributed by atoms with Crippen molar-refractivity contribution in [2.45, 2.75) is 40.2 Å². The maximum absolute atomic E-state index is 5.57. The average Bonchev–Trinajstić information content (AvgIpc) is 2.10. The van der Waals surface area contributed by atoms with Crippen LogP contribution in [-0.2, 0) is 9.47 Å². The smallest absolute Gasteiger partial charge is 0.0750 e. The molecule has 3 nitrogen and oxygen atoms in total. The Kier molecular flexibility index (Phi) is 8.02. The van der Waals surface area contributed by atoms with Gasteiger partial charge in [0.05, 0.1) is 12.2 Å². The minimum Gasteiger partial charge on any atom is -0.380 e. The van der Waals surface area contributed by atoms with E-state index >= 15 is 0 Å². The van der Waals surface area contributed by atoms with Gasteiger partial charge in [-0.25, -0.2) is 0 Å². The first-order chi connectivity index (χ1) is 6.98. The zero-order valence-corrected chi connectivity index (χ0v) is 10.9. The molecule has 0 amide bonds. The molecule has 0 radical (unpaired) electrons.